The van der Waals surface area contributed by atoms with Crippen LogP contribution in [0, 0.1) is 12.3 Å². The zero-order chi connectivity index (χ0) is 5.70. The molecule has 0 aliphatic rings. The molecule has 1 atom stereocenters. The van der Waals surface area contributed by atoms with Gasteiger partial charge in [0.05, 0.1) is 0 Å². The lowest BCUT2D eigenvalue weighted by Gasteiger charge is -1.97. The van der Waals surface area contributed by atoms with Crippen LogP contribution in [0.15, 0.2) is 0 Å². The summed E-state index contributed by atoms with van der Waals surface area (Å²) in [5.74, 6) is 0.456. The summed E-state index contributed by atoms with van der Waals surface area (Å²) in [6, 6.07) is 0. The van der Waals surface area contributed by atoms with Crippen molar-refractivity contribution in [1.82, 2.24) is 0 Å². The summed E-state index contributed by atoms with van der Waals surface area (Å²) in [7, 11) is 0. The third kappa shape index (κ3) is 3.50. The zero-order valence-electron chi connectivity index (χ0n) is 4.85. The molecule has 0 heterocycles. The Hall–Kier alpha value is -0.330. The van der Waals surface area contributed by atoms with Gasteiger partial charge in [-0.3, -0.25) is 0 Å². The lowest BCUT2D eigenvalue weighted by molar-refractivity contribution is -0.108. The number of aldehydes is 1. The molecule has 0 aliphatic carbocycles. The van der Waals surface area contributed by atoms with Gasteiger partial charge in [0.15, 0.2) is 0 Å². The van der Waals surface area contributed by atoms with E-state index in [9.17, 15) is 4.79 Å². The molecule has 41 valence electrons. The molecule has 0 N–H and O–H groups in total. The SMILES string of the molecule is C[CH]C(C)CC=O. The molecular formula is C6H11O. The van der Waals surface area contributed by atoms with Crippen molar-refractivity contribution in [1.29, 1.82) is 0 Å². The van der Waals surface area contributed by atoms with Crippen LogP contribution < -0.4 is 0 Å². The molecule has 0 saturated heterocycles. The van der Waals surface area contributed by atoms with E-state index in [-0.39, 0.29) is 0 Å². The van der Waals surface area contributed by atoms with E-state index in [1.165, 1.54) is 0 Å². The van der Waals surface area contributed by atoms with Crippen molar-refractivity contribution in [2.24, 2.45) is 5.92 Å². The quantitative estimate of drug-likeness (QED) is 0.489. The van der Waals surface area contributed by atoms with Gasteiger partial charge in [0, 0.05) is 6.42 Å². The largest absolute Gasteiger partial charge is 0.303 e. The van der Waals surface area contributed by atoms with E-state index in [1.54, 1.807) is 0 Å². The van der Waals surface area contributed by atoms with Gasteiger partial charge in [0.1, 0.15) is 6.29 Å². The number of hydrogen-bond donors (Lipinski definition) is 0. The first-order valence-corrected chi connectivity index (χ1v) is 2.54. The minimum Gasteiger partial charge on any atom is -0.303 e. The Balaban J connectivity index is 2.98. The van der Waals surface area contributed by atoms with Crippen molar-refractivity contribution >= 4 is 6.29 Å². The van der Waals surface area contributed by atoms with E-state index < -0.39 is 0 Å². The minimum atomic E-state index is 0.456. The van der Waals surface area contributed by atoms with Crippen LogP contribution in [0.1, 0.15) is 20.3 Å². The smallest absolute Gasteiger partial charge is 0.120 e. The summed E-state index contributed by atoms with van der Waals surface area (Å²) in [5.41, 5.74) is 0. The summed E-state index contributed by atoms with van der Waals surface area (Å²) in [6.45, 7) is 3.99. The fourth-order valence-corrected chi connectivity index (χ4v) is 0.288. The molecule has 0 fully saturated rings. The van der Waals surface area contributed by atoms with Gasteiger partial charge in [0.2, 0.25) is 0 Å². The summed E-state index contributed by atoms with van der Waals surface area (Å²) < 4.78 is 0. The van der Waals surface area contributed by atoms with Gasteiger partial charge in [0.25, 0.3) is 0 Å². The molecule has 7 heavy (non-hydrogen) atoms. The Kier molecular flexibility index (Phi) is 3.67. The Morgan fingerprint density at radius 1 is 1.71 bits per heavy atom. The molecule has 0 rings (SSSR count). The molecular weight excluding hydrogens is 88.1 g/mol. The van der Waals surface area contributed by atoms with Crippen LogP contribution in [-0.4, -0.2) is 6.29 Å². The van der Waals surface area contributed by atoms with Crippen molar-refractivity contribution in [3.63, 3.8) is 0 Å². The van der Waals surface area contributed by atoms with Crippen LogP contribution in [0.25, 0.3) is 0 Å². The van der Waals surface area contributed by atoms with Gasteiger partial charge in [-0.15, -0.1) is 0 Å². The average Bonchev–Trinajstić information content (AvgIpc) is 1.68. The van der Waals surface area contributed by atoms with E-state index in [1.807, 2.05) is 20.3 Å². The topological polar surface area (TPSA) is 17.1 Å². The monoisotopic (exact) mass is 99.1 g/mol. The molecule has 1 nitrogen and oxygen atoms in total. The summed E-state index contributed by atoms with van der Waals surface area (Å²) in [6.07, 6.45) is 3.63. The highest BCUT2D eigenvalue weighted by molar-refractivity contribution is 5.49. The second-order valence-electron chi connectivity index (χ2n) is 1.71. The van der Waals surface area contributed by atoms with Crippen molar-refractivity contribution in [3.8, 4) is 0 Å². The van der Waals surface area contributed by atoms with Gasteiger partial charge in [-0.05, 0) is 12.3 Å². The van der Waals surface area contributed by atoms with Crippen LogP contribution in [0.3, 0.4) is 0 Å². The maximum atomic E-state index is 9.75. The van der Waals surface area contributed by atoms with Gasteiger partial charge < -0.3 is 4.79 Å². The number of carbonyl (C=O) groups excluding carboxylic acids is 1. The normalized spacial score (nSPS) is 13.4. The van der Waals surface area contributed by atoms with E-state index >= 15 is 0 Å². The highest BCUT2D eigenvalue weighted by atomic mass is 16.1. The molecule has 0 aliphatic heterocycles. The molecule has 1 radical (unpaired) electrons. The van der Waals surface area contributed by atoms with Gasteiger partial charge in [-0.2, -0.15) is 0 Å². The van der Waals surface area contributed by atoms with Crippen LogP contribution >= 0.6 is 0 Å². The van der Waals surface area contributed by atoms with Crippen LogP contribution in [-0.2, 0) is 4.79 Å². The maximum Gasteiger partial charge on any atom is 0.120 e. The summed E-state index contributed by atoms with van der Waals surface area (Å²) in [5, 5.41) is 0. The van der Waals surface area contributed by atoms with Crippen LogP contribution in [0.2, 0.25) is 0 Å². The third-order valence-electron chi connectivity index (χ3n) is 1.04. The predicted molar refractivity (Wildman–Crippen MR) is 29.8 cm³/mol. The lowest BCUT2D eigenvalue weighted by Crippen LogP contribution is -1.91. The summed E-state index contributed by atoms with van der Waals surface area (Å²) >= 11 is 0. The molecule has 0 spiro atoms. The zero-order valence-corrected chi connectivity index (χ0v) is 4.85. The van der Waals surface area contributed by atoms with Gasteiger partial charge in [-0.1, -0.05) is 13.8 Å². The Morgan fingerprint density at radius 3 is 2.43 bits per heavy atom. The maximum absolute atomic E-state index is 9.75. The van der Waals surface area contributed by atoms with Gasteiger partial charge in [-0.25, -0.2) is 0 Å². The van der Waals surface area contributed by atoms with E-state index in [4.69, 9.17) is 0 Å². The molecule has 0 aromatic heterocycles. The predicted octanol–water partition coefficient (Wildman–Crippen LogP) is 1.44. The first-order chi connectivity index (χ1) is 3.31. The highest BCUT2D eigenvalue weighted by Crippen LogP contribution is 2.00. The average molecular weight is 99.2 g/mol. The second kappa shape index (κ2) is 3.85. The van der Waals surface area contributed by atoms with Crippen molar-refractivity contribution in [3.05, 3.63) is 6.42 Å². The fourth-order valence-electron chi connectivity index (χ4n) is 0.288. The summed E-state index contributed by atoms with van der Waals surface area (Å²) in [4.78, 5) is 9.75. The molecule has 0 aromatic rings. The first kappa shape index (κ1) is 6.67. The molecule has 1 unspecified atom stereocenters. The van der Waals surface area contributed by atoms with Crippen molar-refractivity contribution in [2.75, 3.05) is 0 Å². The third-order valence-corrected chi connectivity index (χ3v) is 1.04. The number of carbonyl (C=O) groups is 1. The van der Waals surface area contributed by atoms with Gasteiger partial charge >= 0.3 is 0 Å². The standard InChI is InChI=1S/C6H11O/c1-3-6(2)4-5-7/h3,5-6H,4H2,1-2H3. The van der Waals surface area contributed by atoms with E-state index in [0.29, 0.717) is 12.3 Å². The number of rotatable bonds is 3. The molecule has 0 bridgehead atoms. The molecule has 0 aromatic carbocycles. The van der Waals surface area contributed by atoms with E-state index in [2.05, 4.69) is 0 Å². The van der Waals surface area contributed by atoms with E-state index in [0.717, 1.165) is 6.29 Å². The second-order valence-corrected chi connectivity index (χ2v) is 1.71. The lowest BCUT2D eigenvalue weighted by atomic mass is 10.1. The Bertz CT molecular complexity index is 50.1. The minimum absolute atomic E-state index is 0.456. The Labute approximate surface area is 44.7 Å². The number of hydrogen-bond acceptors (Lipinski definition) is 1. The molecule has 0 amide bonds. The Morgan fingerprint density at radius 2 is 2.29 bits per heavy atom. The molecule has 0 saturated carbocycles. The van der Waals surface area contributed by atoms with Crippen molar-refractivity contribution < 1.29 is 4.79 Å². The molecule has 1 heteroatoms. The fraction of sp³-hybridized carbons (Fsp3) is 0.667. The van der Waals surface area contributed by atoms with Crippen LogP contribution in [0.5, 0.6) is 0 Å². The highest BCUT2D eigenvalue weighted by Gasteiger charge is 1.93. The van der Waals surface area contributed by atoms with Crippen molar-refractivity contribution in [2.45, 2.75) is 20.3 Å². The first-order valence-electron chi connectivity index (χ1n) is 2.54. The van der Waals surface area contributed by atoms with Crippen LogP contribution in [0.4, 0.5) is 0 Å².